The molecule has 0 radical (unpaired) electrons. The van der Waals surface area contributed by atoms with E-state index in [2.05, 4.69) is 20.6 Å². The molecule has 0 spiro atoms. The molecule has 70 valence electrons. The first kappa shape index (κ1) is 8.40. The Hall–Kier alpha value is -1.20. The van der Waals surface area contributed by atoms with Crippen LogP contribution in [0.15, 0.2) is 0 Å². The second kappa shape index (κ2) is 2.93. The van der Waals surface area contributed by atoms with Gasteiger partial charge in [-0.15, -0.1) is 0 Å². The van der Waals surface area contributed by atoms with Crippen LogP contribution in [0.3, 0.4) is 0 Å². The maximum absolute atomic E-state index is 5.81. The Balaban J connectivity index is 2.52. The average Bonchev–Trinajstić information content (AvgIpc) is 2.09. The minimum Gasteiger partial charge on any atom is -0.356 e. The Kier molecular flexibility index (Phi) is 1.90. The summed E-state index contributed by atoms with van der Waals surface area (Å²) in [6.45, 7) is 4.52. The molecule has 0 amide bonds. The van der Waals surface area contributed by atoms with E-state index in [1.54, 1.807) is 0 Å². The van der Waals surface area contributed by atoms with Gasteiger partial charge in [0.25, 0.3) is 0 Å². The van der Waals surface area contributed by atoms with Gasteiger partial charge >= 0.3 is 0 Å². The van der Waals surface area contributed by atoms with Crippen molar-refractivity contribution in [3.05, 3.63) is 17.1 Å². The van der Waals surface area contributed by atoms with E-state index in [0.29, 0.717) is 6.67 Å². The third-order valence-electron chi connectivity index (χ3n) is 2.21. The number of hydrogen-bond donors (Lipinski definition) is 3. The van der Waals surface area contributed by atoms with Gasteiger partial charge in [-0.05, 0) is 13.8 Å². The van der Waals surface area contributed by atoms with Gasteiger partial charge < -0.3 is 11.1 Å². The number of rotatable bonds is 0. The molecule has 0 bridgehead atoms. The van der Waals surface area contributed by atoms with Crippen LogP contribution in [0.25, 0.3) is 0 Å². The maximum Gasteiger partial charge on any atom is 0.152 e. The molecule has 1 unspecified atom stereocenters. The van der Waals surface area contributed by atoms with Crippen LogP contribution in [0, 0.1) is 13.8 Å². The topological polar surface area (TPSA) is 75.9 Å². The molecule has 1 atom stereocenters. The van der Waals surface area contributed by atoms with Crippen LogP contribution >= 0.6 is 0 Å². The summed E-state index contributed by atoms with van der Waals surface area (Å²) < 4.78 is 0. The molecule has 0 fully saturated rings. The van der Waals surface area contributed by atoms with Crippen LogP contribution in [0.1, 0.15) is 23.2 Å². The molecule has 2 rings (SSSR count). The van der Waals surface area contributed by atoms with Crippen molar-refractivity contribution in [3.63, 3.8) is 0 Å². The molecule has 0 saturated carbocycles. The summed E-state index contributed by atoms with van der Waals surface area (Å²) in [6, 6.07) is 0. The van der Waals surface area contributed by atoms with Crippen LogP contribution in [0.5, 0.6) is 0 Å². The van der Waals surface area contributed by atoms with Gasteiger partial charge in [-0.1, -0.05) is 0 Å². The lowest BCUT2D eigenvalue weighted by Gasteiger charge is -2.23. The van der Waals surface area contributed by atoms with Crippen molar-refractivity contribution in [2.45, 2.75) is 20.0 Å². The van der Waals surface area contributed by atoms with E-state index in [4.69, 9.17) is 5.73 Å². The summed E-state index contributed by atoms with van der Waals surface area (Å²) in [7, 11) is 0. The monoisotopic (exact) mass is 179 g/mol. The lowest BCUT2D eigenvalue weighted by atomic mass is 10.2. The number of fused-ring (bicyclic) bond motifs is 1. The Bertz CT molecular complexity index is 336. The van der Waals surface area contributed by atoms with Crippen LogP contribution < -0.4 is 16.4 Å². The second-order valence-electron chi connectivity index (χ2n) is 3.16. The van der Waals surface area contributed by atoms with Crippen molar-refractivity contribution in [1.82, 2.24) is 15.3 Å². The molecular weight excluding hydrogens is 166 g/mol. The highest BCUT2D eigenvalue weighted by Gasteiger charge is 2.19. The van der Waals surface area contributed by atoms with Gasteiger partial charge in [0.1, 0.15) is 11.9 Å². The van der Waals surface area contributed by atoms with E-state index < -0.39 is 0 Å². The Morgan fingerprint density at radius 3 is 2.77 bits per heavy atom. The number of nitrogens with two attached hydrogens (primary N) is 1. The van der Waals surface area contributed by atoms with Crippen molar-refractivity contribution in [3.8, 4) is 0 Å². The highest BCUT2D eigenvalue weighted by molar-refractivity contribution is 5.45. The van der Waals surface area contributed by atoms with Crippen molar-refractivity contribution >= 4 is 5.82 Å². The molecule has 2 heterocycles. The fourth-order valence-electron chi connectivity index (χ4n) is 1.31. The summed E-state index contributed by atoms with van der Waals surface area (Å²) in [5, 5.41) is 6.15. The predicted molar refractivity (Wildman–Crippen MR) is 50.1 cm³/mol. The Labute approximate surface area is 76.8 Å². The normalized spacial score (nSPS) is 20.7. The lowest BCUT2D eigenvalue weighted by molar-refractivity contribution is 0.538. The fourth-order valence-corrected chi connectivity index (χ4v) is 1.31. The van der Waals surface area contributed by atoms with Gasteiger partial charge in [0, 0.05) is 0 Å². The molecule has 1 aliphatic heterocycles. The maximum atomic E-state index is 5.81. The van der Waals surface area contributed by atoms with Crippen molar-refractivity contribution in [2.24, 2.45) is 5.73 Å². The highest BCUT2D eigenvalue weighted by Crippen LogP contribution is 2.19. The third-order valence-corrected chi connectivity index (χ3v) is 2.21. The number of hydrogen-bond acceptors (Lipinski definition) is 5. The summed E-state index contributed by atoms with van der Waals surface area (Å²) in [5.41, 5.74) is 8.49. The molecule has 1 aromatic heterocycles. The first-order valence-corrected chi connectivity index (χ1v) is 4.26. The molecule has 13 heavy (non-hydrogen) atoms. The van der Waals surface area contributed by atoms with Crippen molar-refractivity contribution in [2.75, 3.05) is 12.0 Å². The third kappa shape index (κ3) is 1.36. The molecule has 1 aliphatic rings. The highest BCUT2D eigenvalue weighted by atomic mass is 15.2. The number of nitrogens with one attached hydrogen (secondary N) is 2. The molecule has 0 aliphatic carbocycles. The zero-order valence-corrected chi connectivity index (χ0v) is 7.76. The molecule has 0 saturated heterocycles. The molecule has 0 aromatic carbocycles. The Morgan fingerprint density at radius 2 is 2.00 bits per heavy atom. The van der Waals surface area contributed by atoms with Crippen molar-refractivity contribution in [1.29, 1.82) is 0 Å². The fraction of sp³-hybridized carbons (Fsp3) is 0.500. The van der Waals surface area contributed by atoms with E-state index in [9.17, 15) is 0 Å². The van der Waals surface area contributed by atoms with Gasteiger partial charge in [0.2, 0.25) is 0 Å². The van der Waals surface area contributed by atoms with Gasteiger partial charge in [0.05, 0.1) is 18.1 Å². The number of nitrogens with zero attached hydrogens (tertiary/aromatic N) is 2. The smallest absolute Gasteiger partial charge is 0.152 e. The van der Waals surface area contributed by atoms with E-state index in [1.165, 1.54) is 0 Å². The van der Waals surface area contributed by atoms with E-state index >= 15 is 0 Å². The van der Waals surface area contributed by atoms with Crippen LogP contribution in [-0.2, 0) is 0 Å². The molecular formula is C8H13N5. The van der Waals surface area contributed by atoms with Gasteiger partial charge in [-0.25, -0.2) is 9.97 Å². The number of anilines is 1. The minimum atomic E-state index is -0.206. The summed E-state index contributed by atoms with van der Waals surface area (Å²) in [6.07, 6.45) is -0.206. The van der Waals surface area contributed by atoms with Crippen molar-refractivity contribution < 1.29 is 0 Å². The van der Waals surface area contributed by atoms with Gasteiger partial charge in [0.15, 0.2) is 5.82 Å². The van der Waals surface area contributed by atoms with E-state index in [-0.39, 0.29) is 6.17 Å². The average molecular weight is 179 g/mol. The lowest BCUT2D eigenvalue weighted by Crippen LogP contribution is -2.39. The summed E-state index contributed by atoms with van der Waals surface area (Å²) in [4.78, 5) is 8.75. The quantitative estimate of drug-likeness (QED) is 0.523. The van der Waals surface area contributed by atoms with E-state index in [0.717, 1.165) is 22.9 Å². The first-order valence-electron chi connectivity index (χ1n) is 4.26. The Morgan fingerprint density at radius 1 is 1.31 bits per heavy atom. The first-order chi connectivity index (χ1) is 6.18. The summed E-state index contributed by atoms with van der Waals surface area (Å²) >= 11 is 0. The minimum absolute atomic E-state index is 0.206. The molecule has 1 aromatic rings. The zero-order valence-electron chi connectivity index (χ0n) is 7.76. The van der Waals surface area contributed by atoms with Crippen LogP contribution in [0.4, 0.5) is 5.82 Å². The predicted octanol–water partition coefficient (Wildman–Crippen LogP) is 0.0233. The number of aromatic nitrogens is 2. The van der Waals surface area contributed by atoms with Crippen LogP contribution in [-0.4, -0.2) is 16.6 Å². The molecule has 5 heteroatoms. The summed E-state index contributed by atoms with van der Waals surface area (Å²) in [5.74, 6) is 0.800. The molecule has 5 nitrogen and oxygen atoms in total. The van der Waals surface area contributed by atoms with E-state index in [1.807, 2.05) is 13.8 Å². The number of aryl methyl sites for hydroxylation is 2. The van der Waals surface area contributed by atoms with Crippen LogP contribution in [0.2, 0.25) is 0 Å². The molecule has 4 N–H and O–H groups in total. The van der Waals surface area contributed by atoms with Gasteiger partial charge in [-0.3, -0.25) is 5.32 Å². The SMILES string of the molecule is Cc1nc2c(nc1C)C(N)NCN2. The second-order valence-corrected chi connectivity index (χ2v) is 3.16. The van der Waals surface area contributed by atoms with Gasteiger partial charge in [-0.2, -0.15) is 0 Å². The largest absolute Gasteiger partial charge is 0.356 e. The zero-order chi connectivity index (χ0) is 9.42. The standard InChI is InChI=1S/C8H13N5/c1-4-5(2)13-8-6(12-4)7(9)10-3-11-8/h7,10H,3,9H2,1-2H3,(H,11,13).